The molecule has 0 bridgehead atoms. The van der Waals surface area contributed by atoms with Crippen LogP contribution in [0.4, 0.5) is 5.82 Å². The molecule has 2 aromatic heterocycles. The second kappa shape index (κ2) is 4.11. The number of hydrogen-bond acceptors (Lipinski definition) is 3. The number of pyridine rings is 2. The van der Waals surface area contributed by atoms with Crippen molar-refractivity contribution in [2.24, 2.45) is 0 Å². The Bertz CT molecular complexity index is 715. The zero-order valence-electron chi connectivity index (χ0n) is 10.1. The monoisotopic (exact) mass is 235 g/mol. The van der Waals surface area contributed by atoms with Crippen LogP contribution < -0.4 is 5.73 Å². The van der Waals surface area contributed by atoms with Crippen molar-refractivity contribution >= 4 is 16.7 Å². The lowest BCUT2D eigenvalue weighted by Crippen LogP contribution is -1.94. The standard InChI is InChI=1S/C15H13N3/c1-10-11(7-8-15(16)18-10)12-4-2-6-14-13(12)5-3-9-17-14/h2-9H,1H3,(H2,16,18). The number of hydrogen-bond donors (Lipinski definition) is 1. The Morgan fingerprint density at radius 3 is 2.67 bits per heavy atom. The fraction of sp³-hybridized carbons (Fsp3) is 0.0667. The predicted octanol–water partition coefficient (Wildman–Crippen LogP) is 3.19. The first-order valence-corrected chi connectivity index (χ1v) is 5.83. The third kappa shape index (κ3) is 1.70. The number of fused-ring (bicyclic) bond motifs is 1. The van der Waals surface area contributed by atoms with Gasteiger partial charge in [0.2, 0.25) is 0 Å². The molecule has 2 heterocycles. The molecule has 0 unspecified atom stereocenters. The van der Waals surface area contributed by atoms with Gasteiger partial charge in [0.25, 0.3) is 0 Å². The van der Waals surface area contributed by atoms with Gasteiger partial charge in [0.1, 0.15) is 5.82 Å². The van der Waals surface area contributed by atoms with E-state index in [2.05, 4.69) is 22.1 Å². The quantitative estimate of drug-likeness (QED) is 0.704. The molecule has 3 rings (SSSR count). The first kappa shape index (κ1) is 10.7. The van der Waals surface area contributed by atoms with E-state index in [1.165, 1.54) is 0 Å². The average molecular weight is 235 g/mol. The zero-order valence-corrected chi connectivity index (χ0v) is 10.1. The third-order valence-electron chi connectivity index (χ3n) is 3.04. The van der Waals surface area contributed by atoms with Crippen LogP contribution in [-0.2, 0) is 0 Å². The van der Waals surface area contributed by atoms with Crippen molar-refractivity contribution in [1.82, 2.24) is 9.97 Å². The molecule has 0 spiro atoms. The first-order chi connectivity index (χ1) is 8.75. The molecule has 0 saturated heterocycles. The molecule has 18 heavy (non-hydrogen) atoms. The summed E-state index contributed by atoms with van der Waals surface area (Å²) in [4.78, 5) is 8.68. The van der Waals surface area contributed by atoms with Gasteiger partial charge in [0.05, 0.1) is 5.52 Å². The van der Waals surface area contributed by atoms with Crippen LogP contribution >= 0.6 is 0 Å². The van der Waals surface area contributed by atoms with Crippen molar-refractivity contribution in [2.45, 2.75) is 6.92 Å². The van der Waals surface area contributed by atoms with Crippen LogP contribution in [0.5, 0.6) is 0 Å². The van der Waals surface area contributed by atoms with E-state index in [9.17, 15) is 0 Å². The molecule has 0 aliphatic rings. The van der Waals surface area contributed by atoms with Crippen LogP contribution in [-0.4, -0.2) is 9.97 Å². The van der Waals surface area contributed by atoms with E-state index < -0.39 is 0 Å². The Balaban J connectivity index is 2.31. The van der Waals surface area contributed by atoms with E-state index >= 15 is 0 Å². The first-order valence-electron chi connectivity index (χ1n) is 5.83. The van der Waals surface area contributed by atoms with Crippen LogP contribution in [0.1, 0.15) is 5.69 Å². The van der Waals surface area contributed by atoms with Gasteiger partial charge in [-0.25, -0.2) is 4.98 Å². The molecule has 0 aliphatic heterocycles. The minimum atomic E-state index is 0.551. The van der Waals surface area contributed by atoms with Crippen LogP contribution in [0.25, 0.3) is 22.0 Å². The van der Waals surface area contributed by atoms with Crippen molar-refractivity contribution in [1.29, 1.82) is 0 Å². The lowest BCUT2D eigenvalue weighted by molar-refractivity contribution is 1.21. The van der Waals surface area contributed by atoms with Gasteiger partial charge < -0.3 is 5.73 Å². The Hall–Kier alpha value is -2.42. The summed E-state index contributed by atoms with van der Waals surface area (Å²) in [5.74, 6) is 0.551. The van der Waals surface area contributed by atoms with Crippen molar-refractivity contribution in [3.8, 4) is 11.1 Å². The smallest absolute Gasteiger partial charge is 0.123 e. The molecule has 0 radical (unpaired) electrons. The molecule has 3 heteroatoms. The van der Waals surface area contributed by atoms with Gasteiger partial charge in [-0.05, 0) is 36.8 Å². The topological polar surface area (TPSA) is 51.8 Å². The highest BCUT2D eigenvalue weighted by Crippen LogP contribution is 2.29. The van der Waals surface area contributed by atoms with Crippen LogP contribution in [0, 0.1) is 6.92 Å². The lowest BCUT2D eigenvalue weighted by atomic mass is 10.00. The zero-order chi connectivity index (χ0) is 12.5. The van der Waals surface area contributed by atoms with Crippen LogP contribution in [0.2, 0.25) is 0 Å². The summed E-state index contributed by atoms with van der Waals surface area (Å²) in [6.45, 7) is 1.97. The molecule has 2 N–H and O–H groups in total. The highest BCUT2D eigenvalue weighted by molar-refractivity contribution is 5.95. The Morgan fingerprint density at radius 1 is 0.944 bits per heavy atom. The number of nitrogens with zero attached hydrogens (tertiary/aromatic N) is 2. The fourth-order valence-corrected chi connectivity index (χ4v) is 2.20. The highest BCUT2D eigenvalue weighted by Gasteiger charge is 2.07. The summed E-state index contributed by atoms with van der Waals surface area (Å²) in [5, 5.41) is 1.13. The molecular weight excluding hydrogens is 222 g/mol. The average Bonchev–Trinajstić information content (AvgIpc) is 2.38. The van der Waals surface area contributed by atoms with Gasteiger partial charge in [0, 0.05) is 22.8 Å². The molecule has 3 nitrogen and oxygen atoms in total. The third-order valence-corrected chi connectivity index (χ3v) is 3.04. The molecule has 0 saturated carbocycles. The summed E-state index contributed by atoms with van der Waals surface area (Å²) in [7, 11) is 0. The minimum absolute atomic E-state index is 0.551. The van der Waals surface area contributed by atoms with Crippen molar-refractivity contribution in [3.05, 3.63) is 54.4 Å². The summed E-state index contributed by atoms with van der Waals surface area (Å²) in [6, 6.07) is 14.0. The molecule has 88 valence electrons. The largest absolute Gasteiger partial charge is 0.384 e. The number of aromatic nitrogens is 2. The van der Waals surface area contributed by atoms with Crippen LogP contribution in [0.15, 0.2) is 48.7 Å². The van der Waals surface area contributed by atoms with Gasteiger partial charge >= 0.3 is 0 Å². The van der Waals surface area contributed by atoms with Crippen molar-refractivity contribution in [3.63, 3.8) is 0 Å². The molecule has 0 fully saturated rings. The van der Waals surface area contributed by atoms with E-state index in [0.29, 0.717) is 5.82 Å². The lowest BCUT2D eigenvalue weighted by Gasteiger charge is -2.09. The number of aryl methyl sites for hydroxylation is 1. The summed E-state index contributed by atoms with van der Waals surface area (Å²) >= 11 is 0. The van der Waals surface area contributed by atoms with E-state index in [-0.39, 0.29) is 0 Å². The molecule has 0 amide bonds. The maximum atomic E-state index is 5.69. The van der Waals surface area contributed by atoms with Gasteiger partial charge in [-0.3, -0.25) is 4.98 Å². The number of anilines is 1. The van der Waals surface area contributed by atoms with E-state index in [1.807, 2.05) is 37.3 Å². The maximum Gasteiger partial charge on any atom is 0.123 e. The SMILES string of the molecule is Cc1nc(N)ccc1-c1cccc2ncccc12. The molecule has 1 aromatic carbocycles. The predicted molar refractivity (Wildman–Crippen MR) is 74.1 cm³/mol. The maximum absolute atomic E-state index is 5.69. The van der Waals surface area contributed by atoms with Gasteiger partial charge in [-0.2, -0.15) is 0 Å². The fourth-order valence-electron chi connectivity index (χ4n) is 2.20. The normalized spacial score (nSPS) is 10.7. The number of nitrogen functional groups attached to an aromatic ring is 1. The summed E-state index contributed by atoms with van der Waals surface area (Å²) in [6.07, 6.45) is 1.81. The number of rotatable bonds is 1. The summed E-state index contributed by atoms with van der Waals surface area (Å²) in [5.41, 5.74) is 9.87. The van der Waals surface area contributed by atoms with E-state index in [0.717, 1.165) is 27.7 Å². The minimum Gasteiger partial charge on any atom is -0.384 e. The van der Waals surface area contributed by atoms with Crippen LogP contribution in [0.3, 0.4) is 0 Å². The number of nitrogens with two attached hydrogens (primary N) is 1. The van der Waals surface area contributed by atoms with E-state index in [1.54, 1.807) is 6.20 Å². The Kier molecular flexibility index (Phi) is 2.45. The highest BCUT2D eigenvalue weighted by atomic mass is 14.8. The molecule has 3 aromatic rings. The van der Waals surface area contributed by atoms with Gasteiger partial charge in [-0.15, -0.1) is 0 Å². The molecular formula is C15H13N3. The second-order valence-electron chi connectivity index (χ2n) is 4.24. The second-order valence-corrected chi connectivity index (χ2v) is 4.24. The van der Waals surface area contributed by atoms with E-state index in [4.69, 9.17) is 5.73 Å². The summed E-state index contributed by atoms with van der Waals surface area (Å²) < 4.78 is 0. The van der Waals surface area contributed by atoms with Crippen molar-refractivity contribution < 1.29 is 0 Å². The van der Waals surface area contributed by atoms with Gasteiger partial charge in [-0.1, -0.05) is 18.2 Å². The Morgan fingerprint density at radius 2 is 1.83 bits per heavy atom. The van der Waals surface area contributed by atoms with Crippen molar-refractivity contribution in [2.75, 3.05) is 5.73 Å². The molecule has 0 aliphatic carbocycles. The number of benzene rings is 1. The van der Waals surface area contributed by atoms with Gasteiger partial charge in [0.15, 0.2) is 0 Å². The Labute approximate surface area is 105 Å². The molecule has 0 atom stereocenters.